The Kier molecular flexibility index (Phi) is 2.14. The van der Waals surface area contributed by atoms with Gasteiger partial charge in [-0.25, -0.2) is 0 Å². The minimum Gasteiger partial charge on any atom is -0.355 e. The fraction of sp³-hybridized carbons (Fsp3) is 0.0909. The van der Waals surface area contributed by atoms with Gasteiger partial charge in [0.25, 0.3) is 5.91 Å². The molecule has 0 aliphatic carbocycles. The monoisotopic (exact) mass is 185 g/mol. The number of carbonyl (C=O) groups excluding carboxylic acids is 1. The number of hydrogen-bond acceptors (Lipinski definition) is 2. The summed E-state index contributed by atoms with van der Waals surface area (Å²) in [6.07, 6.45) is 1.66. The van der Waals surface area contributed by atoms with Crippen LogP contribution in [0.2, 0.25) is 0 Å². The minimum absolute atomic E-state index is 0.0995. The number of aromatic nitrogens is 1. The number of pyridine rings is 1. The van der Waals surface area contributed by atoms with Gasteiger partial charge in [-0.1, -0.05) is 6.07 Å². The van der Waals surface area contributed by atoms with Crippen LogP contribution in [0.4, 0.5) is 0 Å². The molecule has 3 nitrogen and oxygen atoms in total. The highest BCUT2D eigenvalue weighted by molar-refractivity contribution is 5.97. The smallest absolute Gasteiger partial charge is 0.251 e. The molecule has 14 heavy (non-hydrogen) atoms. The third-order valence-electron chi connectivity index (χ3n) is 2.01. The molecule has 0 aliphatic rings. The maximum Gasteiger partial charge on any atom is 0.251 e. The van der Waals surface area contributed by atoms with Crippen molar-refractivity contribution >= 4 is 16.8 Å². The number of nitrogens with zero attached hydrogens (tertiary/aromatic N) is 1. The van der Waals surface area contributed by atoms with Crippen molar-refractivity contribution in [2.45, 2.75) is 0 Å². The van der Waals surface area contributed by atoms with Gasteiger partial charge in [0.2, 0.25) is 0 Å². The van der Waals surface area contributed by atoms with Crippen LogP contribution >= 0.6 is 0 Å². The Bertz CT molecular complexity index is 479. The maximum atomic E-state index is 11.3. The normalized spacial score (nSPS) is 10.1. The minimum atomic E-state index is -0.0995. The third kappa shape index (κ3) is 1.44. The van der Waals surface area contributed by atoms with Crippen LogP contribution in [0.1, 0.15) is 10.4 Å². The second kappa shape index (κ2) is 3.46. The van der Waals surface area contributed by atoms with Gasteiger partial charge in [-0.15, -0.1) is 0 Å². The fourth-order valence-corrected chi connectivity index (χ4v) is 1.29. The first-order valence-electron chi connectivity index (χ1n) is 4.30. The Labute approximate surface area is 81.8 Å². The van der Waals surface area contributed by atoms with Crippen LogP contribution in [0.5, 0.6) is 0 Å². The van der Waals surface area contributed by atoms with Crippen LogP contribution in [-0.2, 0) is 0 Å². The van der Waals surface area contributed by atoms with Gasteiger partial charge in [-0.05, 0) is 24.3 Å². The van der Waals surface area contributed by atoms with Gasteiger partial charge in [0, 0.05) is 24.2 Å². The molecule has 0 spiro atoms. The van der Waals surface area contributed by atoms with E-state index >= 15 is 0 Å². The summed E-state index contributed by atoms with van der Waals surface area (Å²) >= 11 is 0. The van der Waals surface area contributed by atoms with Crippen molar-refractivity contribution in [2.75, 3.05) is 7.05 Å². The summed E-state index contributed by atoms with van der Waals surface area (Å²) in [6, 6.07) is 10.2. The van der Waals surface area contributed by atoms with Crippen molar-refractivity contribution in [3.8, 4) is 0 Å². The van der Waals surface area contributed by atoms with Crippen LogP contribution in [0.3, 0.4) is 0 Å². The van der Waals surface area contributed by atoms with Crippen LogP contribution in [0, 0.1) is 6.07 Å². The molecule has 2 aromatic rings. The first kappa shape index (κ1) is 8.69. The second-order valence-electron chi connectivity index (χ2n) is 2.90. The van der Waals surface area contributed by atoms with Gasteiger partial charge in [0.15, 0.2) is 0 Å². The van der Waals surface area contributed by atoms with Crippen molar-refractivity contribution in [1.82, 2.24) is 10.3 Å². The molecule has 1 aromatic carbocycles. The largest absolute Gasteiger partial charge is 0.355 e. The zero-order valence-electron chi connectivity index (χ0n) is 7.74. The summed E-state index contributed by atoms with van der Waals surface area (Å²) < 4.78 is 0. The SMILES string of the molecule is CNC(=O)c1ccc2[c]ccnc2c1. The molecule has 1 amide bonds. The van der Waals surface area contributed by atoms with Crippen molar-refractivity contribution in [3.63, 3.8) is 0 Å². The maximum absolute atomic E-state index is 11.3. The first-order chi connectivity index (χ1) is 6.81. The first-order valence-corrected chi connectivity index (χ1v) is 4.30. The summed E-state index contributed by atoms with van der Waals surface area (Å²) in [5.41, 5.74) is 1.40. The zero-order valence-corrected chi connectivity index (χ0v) is 7.74. The lowest BCUT2D eigenvalue weighted by molar-refractivity contribution is 0.0963. The third-order valence-corrected chi connectivity index (χ3v) is 2.01. The van der Waals surface area contributed by atoms with Gasteiger partial charge < -0.3 is 5.32 Å². The molecule has 1 N–H and O–H groups in total. The van der Waals surface area contributed by atoms with E-state index in [2.05, 4.69) is 16.4 Å². The molecular weight excluding hydrogens is 176 g/mol. The lowest BCUT2D eigenvalue weighted by Crippen LogP contribution is -2.17. The molecule has 3 heteroatoms. The van der Waals surface area contributed by atoms with Gasteiger partial charge >= 0.3 is 0 Å². The van der Waals surface area contributed by atoms with Crippen LogP contribution in [-0.4, -0.2) is 17.9 Å². The zero-order chi connectivity index (χ0) is 9.97. The van der Waals surface area contributed by atoms with E-state index in [1.807, 2.05) is 6.07 Å². The summed E-state index contributed by atoms with van der Waals surface area (Å²) in [7, 11) is 1.61. The molecule has 0 atom stereocenters. The van der Waals surface area contributed by atoms with Gasteiger partial charge in [0.05, 0.1) is 5.52 Å². The Morgan fingerprint density at radius 3 is 3.14 bits per heavy atom. The Balaban J connectivity index is 2.56. The quantitative estimate of drug-likeness (QED) is 0.729. The van der Waals surface area contributed by atoms with Crippen LogP contribution < -0.4 is 5.32 Å². The Morgan fingerprint density at radius 1 is 1.50 bits per heavy atom. The number of amides is 1. The molecule has 0 unspecified atom stereocenters. The fourth-order valence-electron chi connectivity index (χ4n) is 1.29. The molecule has 0 bridgehead atoms. The molecule has 1 radical (unpaired) electrons. The van der Waals surface area contributed by atoms with Crippen molar-refractivity contribution in [2.24, 2.45) is 0 Å². The topological polar surface area (TPSA) is 42.0 Å². The molecular formula is C11H9N2O. The van der Waals surface area contributed by atoms with Gasteiger partial charge in [-0.3, -0.25) is 9.78 Å². The van der Waals surface area contributed by atoms with E-state index in [9.17, 15) is 4.79 Å². The second-order valence-corrected chi connectivity index (χ2v) is 2.90. The summed E-state index contributed by atoms with van der Waals surface area (Å²) in [5, 5.41) is 3.49. The van der Waals surface area contributed by atoms with E-state index in [0.717, 1.165) is 10.9 Å². The standard InChI is InChI=1S/C11H9N2O/c1-12-11(14)9-5-4-8-3-2-6-13-10(8)7-9/h2,4-7H,1H3,(H,12,14). The highest BCUT2D eigenvalue weighted by atomic mass is 16.1. The molecule has 0 saturated heterocycles. The van der Waals surface area contributed by atoms with Gasteiger partial charge in [-0.2, -0.15) is 0 Å². The molecule has 69 valence electrons. The highest BCUT2D eigenvalue weighted by Crippen LogP contribution is 2.12. The van der Waals surface area contributed by atoms with E-state index in [4.69, 9.17) is 0 Å². The highest BCUT2D eigenvalue weighted by Gasteiger charge is 2.03. The number of hydrogen-bond donors (Lipinski definition) is 1. The lowest BCUT2D eigenvalue weighted by atomic mass is 10.1. The summed E-state index contributed by atoms with van der Waals surface area (Å²) in [4.78, 5) is 15.5. The van der Waals surface area contributed by atoms with E-state index in [1.54, 1.807) is 31.4 Å². The molecule has 1 heterocycles. The summed E-state index contributed by atoms with van der Waals surface area (Å²) in [6.45, 7) is 0. The predicted molar refractivity (Wildman–Crippen MR) is 54.0 cm³/mol. The summed E-state index contributed by atoms with van der Waals surface area (Å²) in [5.74, 6) is -0.0995. The van der Waals surface area contributed by atoms with Gasteiger partial charge in [0.1, 0.15) is 0 Å². The molecule has 2 rings (SSSR count). The Morgan fingerprint density at radius 2 is 2.36 bits per heavy atom. The van der Waals surface area contributed by atoms with Crippen LogP contribution in [0.25, 0.3) is 10.9 Å². The molecule has 1 aromatic heterocycles. The number of nitrogens with one attached hydrogen (secondary N) is 1. The lowest BCUT2D eigenvalue weighted by Gasteiger charge is -2.00. The average molecular weight is 185 g/mol. The molecule has 0 aliphatic heterocycles. The van der Waals surface area contributed by atoms with E-state index < -0.39 is 0 Å². The van der Waals surface area contributed by atoms with E-state index in [-0.39, 0.29) is 5.91 Å². The Hall–Kier alpha value is -1.90. The number of carbonyl (C=O) groups is 1. The number of benzene rings is 1. The van der Waals surface area contributed by atoms with Crippen molar-refractivity contribution < 1.29 is 4.79 Å². The van der Waals surface area contributed by atoms with Crippen molar-refractivity contribution in [1.29, 1.82) is 0 Å². The average Bonchev–Trinajstić information content (AvgIpc) is 2.27. The van der Waals surface area contributed by atoms with E-state index in [1.165, 1.54) is 0 Å². The van der Waals surface area contributed by atoms with Crippen molar-refractivity contribution in [3.05, 3.63) is 42.1 Å². The van der Waals surface area contributed by atoms with Crippen LogP contribution in [0.15, 0.2) is 30.5 Å². The predicted octanol–water partition coefficient (Wildman–Crippen LogP) is 1.39. The molecule has 0 saturated carbocycles. The van der Waals surface area contributed by atoms with E-state index in [0.29, 0.717) is 5.56 Å². The number of rotatable bonds is 1. The molecule has 0 fully saturated rings. The number of fused-ring (bicyclic) bond motifs is 1.